The molecule has 0 saturated heterocycles. The molecule has 0 heterocycles. The van der Waals surface area contributed by atoms with Crippen LogP contribution in [-0.4, -0.2) is 34.1 Å². The van der Waals surface area contributed by atoms with Crippen molar-refractivity contribution in [2.24, 2.45) is 0 Å². The minimum Gasteiger partial charge on any atom is -0.295 e. The summed E-state index contributed by atoms with van der Waals surface area (Å²) in [6.07, 6.45) is 2.24. The Morgan fingerprint density at radius 2 is 2.10 bits per heavy atom. The number of rotatable bonds is 4. The molecule has 0 saturated carbocycles. The van der Waals surface area contributed by atoms with Crippen molar-refractivity contribution in [1.82, 2.24) is 4.47 Å². The largest absolute Gasteiger partial charge is 0.295 e. The summed E-state index contributed by atoms with van der Waals surface area (Å²) in [6, 6.07) is 0. The summed E-state index contributed by atoms with van der Waals surface area (Å²) in [5.41, 5.74) is 0. The van der Waals surface area contributed by atoms with Gasteiger partial charge in [-0.3, -0.25) is 13.9 Å². The summed E-state index contributed by atoms with van der Waals surface area (Å²) in [4.78, 5) is 0. The number of nitrogens with zero attached hydrogens (tertiary/aromatic N) is 1. The maximum absolute atomic E-state index is 9.26. The highest BCUT2D eigenvalue weighted by atomic mass is 32.3. The Kier molecular flexibility index (Phi) is 4.23. The van der Waals surface area contributed by atoms with E-state index >= 15 is 0 Å². The molecule has 5 heteroatoms. The molecule has 0 aliphatic heterocycles. The second-order valence-electron chi connectivity index (χ2n) is 2.00. The Balaban J connectivity index is 3.78. The molecule has 0 bridgehead atoms. The van der Waals surface area contributed by atoms with Crippen molar-refractivity contribution in [3.8, 4) is 0 Å². The standard InChI is InChI=1S/C5H15NO3S/c1-4-5-6(7)10(3,8)9-2/h7-8H,4-5H2,1-3H3. The molecule has 1 unspecified atom stereocenters. The monoisotopic (exact) mass is 169 g/mol. The second kappa shape index (κ2) is 4.15. The van der Waals surface area contributed by atoms with Crippen molar-refractivity contribution in [3.63, 3.8) is 0 Å². The molecular weight excluding hydrogens is 154 g/mol. The fourth-order valence-corrected chi connectivity index (χ4v) is 1.14. The number of hydrogen-bond donors (Lipinski definition) is 2. The van der Waals surface area contributed by atoms with Crippen LogP contribution in [0.15, 0.2) is 0 Å². The zero-order valence-electron chi connectivity index (χ0n) is 6.57. The molecule has 4 nitrogen and oxygen atoms in total. The van der Waals surface area contributed by atoms with Crippen molar-refractivity contribution in [3.05, 3.63) is 0 Å². The molecule has 10 heavy (non-hydrogen) atoms. The Labute approximate surface area is 63.2 Å². The third kappa shape index (κ3) is 2.85. The molecule has 1 atom stereocenters. The van der Waals surface area contributed by atoms with Gasteiger partial charge >= 0.3 is 0 Å². The molecule has 0 aliphatic rings. The van der Waals surface area contributed by atoms with Crippen LogP contribution in [0.4, 0.5) is 0 Å². The van der Waals surface area contributed by atoms with Gasteiger partial charge in [-0.05, 0) is 6.42 Å². The van der Waals surface area contributed by atoms with Gasteiger partial charge in [0.1, 0.15) is 0 Å². The van der Waals surface area contributed by atoms with E-state index in [4.69, 9.17) is 5.21 Å². The van der Waals surface area contributed by atoms with E-state index in [1.165, 1.54) is 13.4 Å². The van der Waals surface area contributed by atoms with Gasteiger partial charge in [0.2, 0.25) is 0 Å². The van der Waals surface area contributed by atoms with Crippen LogP contribution in [0.25, 0.3) is 0 Å². The minimum atomic E-state index is -2.37. The van der Waals surface area contributed by atoms with Gasteiger partial charge in [-0.15, -0.1) is 10.8 Å². The van der Waals surface area contributed by atoms with Crippen LogP contribution in [0, 0.1) is 0 Å². The molecule has 0 aromatic heterocycles. The summed E-state index contributed by atoms with van der Waals surface area (Å²) in [6.45, 7) is 2.34. The highest BCUT2D eigenvalue weighted by Gasteiger charge is 2.15. The van der Waals surface area contributed by atoms with Gasteiger partial charge in [0.05, 0.1) is 7.11 Å². The SMILES string of the molecule is CCCN(O)S(C)(O)OC. The summed E-state index contributed by atoms with van der Waals surface area (Å²) >= 11 is 0. The average Bonchev–Trinajstić information content (AvgIpc) is 1.89. The van der Waals surface area contributed by atoms with Crippen LogP contribution in [0.1, 0.15) is 13.3 Å². The number of hydroxylamine groups is 1. The molecule has 0 spiro atoms. The van der Waals surface area contributed by atoms with Crippen LogP contribution < -0.4 is 0 Å². The summed E-state index contributed by atoms with van der Waals surface area (Å²) in [7, 11) is -1.00. The molecular formula is C5H15NO3S. The van der Waals surface area contributed by atoms with E-state index in [0.29, 0.717) is 6.54 Å². The fourth-order valence-electron chi connectivity index (χ4n) is 0.447. The van der Waals surface area contributed by atoms with Gasteiger partial charge in [-0.2, -0.15) is 0 Å². The lowest BCUT2D eigenvalue weighted by atomic mass is 10.5. The average molecular weight is 169 g/mol. The lowest BCUT2D eigenvalue weighted by Crippen LogP contribution is -2.25. The molecule has 0 aromatic rings. The maximum atomic E-state index is 9.26. The van der Waals surface area contributed by atoms with Gasteiger partial charge in [0, 0.05) is 12.8 Å². The smallest absolute Gasteiger partial charge is 0.0620 e. The molecule has 0 radical (unpaired) electrons. The van der Waals surface area contributed by atoms with E-state index < -0.39 is 10.8 Å². The van der Waals surface area contributed by atoms with Crippen LogP contribution in [-0.2, 0) is 4.18 Å². The van der Waals surface area contributed by atoms with Gasteiger partial charge in [0.15, 0.2) is 0 Å². The lowest BCUT2D eigenvalue weighted by Gasteiger charge is -2.38. The number of hydrogen-bond acceptors (Lipinski definition) is 4. The normalized spacial score (nSPS) is 20.6. The van der Waals surface area contributed by atoms with Gasteiger partial charge in [-0.1, -0.05) is 11.4 Å². The first kappa shape index (κ1) is 10.2. The molecule has 0 aliphatic carbocycles. The quantitative estimate of drug-likeness (QED) is 0.626. The summed E-state index contributed by atoms with van der Waals surface area (Å²) < 4.78 is 14.8. The maximum Gasteiger partial charge on any atom is 0.0620 e. The third-order valence-electron chi connectivity index (χ3n) is 1.12. The lowest BCUT2D eigenvalue weighted by molar-refractivity contribution is -0.00981. The first-order valence-corrected chi connectivity index (χ1v) is 4.95. The van der Waals surface area contributed by atoms with E-state index in [-0.39, 0.29) is 0 Å². The van der Waals surface area contributed by atoms with Crippen LogP contribution >= 0.6 is 10.8 Å². The molecule has 0 aromatic carbocycles. The molecule has 0 rings (SSSR count). The Bertz CT molecular complexity index is 98.9. The van der Waals surface area contributed by atoms with Gasteiger partial charge < -0.3 is 0 Å². The highest BCUT2D eigenvalue weighted by Crippen LogP contribution is 2.41. The Morgan fingerprint density at radius 1 is 1.60 bits per heavy atom. The highest BCUT2D eigenvalue weighted by molar-refractivity contribution is 8.22. The summed E-state index contributed by atoms with van der Waals surface area (Å²) in [5, 5.41) is 9.07. The van der Waals surface area contributed by atoms with Crippen molar-refractivity contribution < 1.29 is 13.9 Å². The van der Waals surface area contributed by atoms with E-state index in [9.17, 15) is 4.55 Å². The van der Waals surface area contributed by atoms with Gasteiger partial charge in [0.25, 0.3) is 0 Å². The second-order valence-corrected chi connectivity index (χ2v) is 4.28. The van der Waals surface area contributed by atoms with Crippen LogP contribution in [0.3, 0.4) is 0 Å². The van der Waals surface area contributed by atoms with Crippen molar-refractivity contribution >= 4 is 10.8 Å². The van der Waals surface area contributed by atoms with E-state index in [1.54, 1.807) is 0 Å². The molecule has 2 N–H and O–H groups in total. The first-order chi connectivity index (χ1) is 4.54. The summed E-state index contributed by atoms with van der Waals surface area (Å²) in [5.74, 6) is 0. The minimum absolute atomic E-state index is 0.427. The molecule has 0 fully saturated rings. The first-order valence-electron chi connectivity index (χ1n) is 3.07. The van der Waals surface area contributed by atoms with Crippen molar-refractivity contribution in [1.29, 1.82) is 0 Å². The predicted molar refractivity (Wildman–Crippen MR) is 41.9 cm³/mol. The zero-order chi connectivity index (χ0) is 8.20. The zero-order valence-corrected chi connectivity index (χ0v) is 7.39. The Morgan fingerprint density at radius 3 is 2.40 bits per heavy atom. The van der Waals surface area contributed by atoms with Crippen molar-refractivity contribution in [2.75, 3.05) is 19.9 Å². The molecule has 0 amide bonds. The Hall–Kier alpha value is 0.190. The van der Waals surface area contributed by atoms with E-state index in [0.717, 1.165) is 10.9 Å². The molecule has 64 valence electrons. The predicted octanol–water partition coefficient (Wildman–Crippen LogP) is 1.47. The van der Waals surface area contributed by atoms with Gasteiger partial charge in [-0.25, -0.2) is 0 Å². The van der Waals surface area contributed by atoms with Crippen molar-refractivity contribution in [2.45, 2.75) is 13.3 Å². The van der Waals surface area contributed by atoms with Crippen LogP contribution in [0.5, 0.6) is 0 Å². The van der Waals surface area contributed by atoms with E-state index in [2.05, 4.69) is 4.18 Å². The van der Waals surface area contributed by atoms with Crippen LogP contribution in [0.2, 0.25) is 0 Å². The third-order valence-corrected chi connectivity index (χ3v) is 2.72. The topological polar surface area (TPSA) is 52.9 Å². The fraction of sp³-hybridized carbons (Fsp3) is 1.00. The van der Waals surface area contributed by atoms with E-state index in [1.807, 2.05) is 6.92 Å².